The van der Waals surface area contributed by atoms with Gasteiger partial charge in [0.25, 0.3) is 0 Å². The molecule has 0 aromatic carbocycles. The van der Waals surface area contributed by atoms with Gasteiger partial charge in [-0.15, -0.1) is 0 Å². The minimum atomic E-state index is 0.213. The van der Waals surface area contributed by atoms with E-state index in [1.165, 1.54) is 24.4 Å². The van der Waals surface area contributed by atoms with Crippen molar-refractivity contribution in [2.45, 2.75) is 101 Å². The molecule has 1 aromatic heterocycles. The fraction of sp³-hybridized carbons (Fsp3) is 0.889. The molecule has 0 bridgehead atoms. The number of aromatic nitrogens is 2. The van der Waals surface area contributed by atoms with Crippen LogP contribution in [-0.4, -0.2) is 18.9 Å². The third kappa shape index (κ3) is 11.4. The molecule has 0 aliphatic heterocycles. The highest BCUT2D eigenvalue weighted by molar-refractivity contribution is 8.77. The summed E-state index contributed by atoms with van der Waals surface area (Å²) >= 11 is 1.52. The van der Waals surface area contributed by atoms with Crippen LogP contribution >= 0.6 is 54.7 Å². The zero-order valence-corrected chi connectivity index (χ0v) is 21.4. The minimum absolute atomic E-state index is 0.213. The molecule has 0 atom stereocenters. The second-order valence-electron chi connectivity index (χ2n) is 10.2. The molecule has 0 fully saturated rings. The van der Waals surface area contributed by atoms with Crippen LogP contribution in [0.5, 0.6) is 0 Å². The Balaban J connectivity index is 2.52. The first kappa shape index (κ1) is 24.0. The van der Waals surface area contributed by atoms with E-state index in [0.29, 0.717) is 10.8 Å². The smallest absolute Gasteiger partial charge is 0.201 e. The molecule has 146 valence electrons. The maximum Gasteiger partial charge on any atom is 0.211 e. The van der Waals surface area contributed by atoms with Crippen molar-refractivity contribution in [1.29, 1.82) is 0 Å². The second kappa shape index (κ2) is 8.97. The molecular weight excluding hydrogens is 405 g/mol. The van der Waals surface area contributed by atoms with Gasteiger partial charge >= 0.3 is 0 Å². The van der Waals surface area contributed by atoms with E-state index >= 15 is 0 Å². The summed E-state index contributed by atoms with van der Waals surface area (Å²) in [6, 6.07) is 0. The molecule has 0 saturated carbocycles. The molecular formula is C18H34N2S5. The first-order valence-corrected chi connectivity index (χ1v) is 13.7. The first-order valence-electron chi connectivity index (χ1n) is 8.62. The SMILES string of the molecule is CC(C)(C)CC(C)(C)SSc1nsc(SSC(C)(C)CC(C)(C)C)n1. The third-order valence-electron chi connectivity index (χ3n) is 2.98. The summed E-state index contributed by atoms with van der Waals surface area (Å²) in [4.78, 5) is 4.70. The average molecular weight is 439 g/mol. The highest BCUT2D eigenvalue weighted by atomic mass is 33.1. The molecule has 7 heteroatoms. The quantitative estimate of drug-likeness (QED) is 0.378. The van der Waals surface area contributed by atoms with Gasteiger partial charge in [-0.05, 0) is 84.5 Å². The predicted molar refractivity (Wildman–Crippen MR) is 123 cm³/mol. The largest absolute Gasteiger partial charge is 0.211 e. The van der Waals surface area contributed by atoms with Crippen LogP contribution in [0.15, 0.2) is 9.50 Å². The standard InChI is InChI=1S/C18H34N2S5/c1-15(2,3)11-17(7,8)24-22-13-19-14(21-20-13)23-25-18(9,10)12-16(4,5)6/h11-12H2,1-10H3. The molecule has 1 heterocycles. The van der Waals surface area contributed by atoms with Gasteiger partial charge < -0.3 is 0 Å². The molecule has 0 aliphatic rings. The van der Waals surface area contributed by atoms with Crippen molar-refractivity contribution in [3.05, 3.63) is 0 Å². The van der Waals surface area contributed by atoms with Crippen molar-refractivity contribution in [1.82, 2.24) is 9.36 Å². The Morgan fingerprint density at radius 3 is 1.60 bits per heavy atom. The Bertz CT molecular complexity index is 492. The van der Waals surface area contributed by atoms with Crippen molar-refractivity contribution < 1.29 is 0 Å². The fourth-order valence-corrected chi connectivity index (χ4v) is 9.14. The highest BCUT2D eigenvalue weighted by Crippen LogP contribution is 2.48. The van der Waals surface area contributed by atoms with E-state index in [1.807, 2.05) is 21.6 Å². The van der Waals surface area contributed by atoms with E-state index in [4.69, 9.17) is 4.98 Å². The topological polar surface area (TPSA) is 25.8 Å². The molecule has 0 aliphatic carbocycles. The normalized spacial score (nSPS) is 14.2. The summed E-state index contributed by atoms with van der Waals surface area (Å²) in [5.74, 6) is 0. The van der Waals surface area contributed by atoms with E-state index in [0.717, 1.165) is 9.50 Å². The summed E-state index contributed by atoms with van der Waals surface area (Å²) in [5, 5.41) is 0.897. The maximum atomic E-state index is 4.70. The van der Waals surface area contributed by atoms with E-state index in [1.54, 1.807) is 21.6 Å². The Morgan fingerprint density at radius 1 is 0.720 bits per heavy atom. The molecule has 0 N–H and O–H groups in total. The maximum absolute atomic E-state index is 4.70. The molecule has 0 spiro atoms. The van der Waals surface area contributed by atoms with Gasteiger partial charge in [-0.3, -0.25) is 0 Å². The molecule has 0 saturated heterocycles. The van der Waals surface area contributed by atoms with E-state index < -0.39 is 0 Å². The third-order valence-corrected chi connectivity index (χ3v) is 10.4. The van der Waals surface area contributed by atoms with Crippen LogP contribution in [0.25, 0.3) is 0 Å². The van der Waals surface area contributed by atoms with Crippen molar-refractivity contribution in [3.63, 3.8) is 0 Å². The lowest BCUT2D eigenvalue weighted by molar-refractivity contribution is 0.340. The lowest BCUT2D eigenvalue weighted by atomic mass is 9.86. The van der Waals surface area contributed by atoms with Crippen molar-refractivity contribution in [3.8, 4) is 0 Å². The van der Waals surface area contributed by atoms with Crippen LogP contribution < -0.4 is 0 Å². The van der Waals surface area contributed by atoms with Crippen LogP contribution in [0.4, 0.5) is 0 Å². The van der Waals surface area contributed by atoms with Gasteiger partial charge in [0.05, 0.1) is 0 Å². The Labute approximate surface area is 175 Å². The summed E-state index contributed by atoms with van der Waals surface area (Å²) in [6.07, 6.45) is 2.34. The molecule has 1 aromatic rings. The lowest BCUT2D eigenvalue weighted by Gasteiger charge is -2.30. The number of hydrogen-bond donors (Lipinski definition) is 0. The van der Waals surface area contributed by atoms with Crippen LogP contribution in [0.2, 0.25) is 0 Å². The van der Waals surface area contributed by atoms with Crippen LogP contribution in [0.3, 0.4) is 0 Å². The van der Waals surface area contributed by atoms with Crippen LogP contribution in [-0.2, 0) is 0 Å². The van der Waals surface area contributed by atoms with E-state index in [-0.39, 0.29) is 9.49 Å². The lowest BCUT2D eigenvalue weighted by Crippen LogP contribution is -2.22. The molecule has 0 amide bonds. The Hall–Kier alpha value is 0.960. The van der Waals surface area contributed by atoms with E-state index in [2.05, 4.69) is 73.6 Å². The van der Waals surface area contributed by atoms with Crippen molar-refractivity contribution in [2.24, 2.45) is 10.8 Å². The van der Waals surface area contributed by atoms with Gasteiger partial charge in [0.2, 0.25) is 5.16 Å². The van der Waals surface area contributed by atoms with Gasteiger partial charge in [-0.2, -0.15) is 4.37 Å². The number of hydrogen-bond acceptors (Lipinski definition) is 7. The van der Waals surface area contributed by atoms with Crippen LogP contribution in [0.1, 0.15) is 82.1 Å². The minimum Gasteiger partial charge on any atom is -0.201 e. The summed E-state index contributed by atoms with van der Waals surface area (Å²) in [6.45, 7) is 23.1. The summed E-state index contributed by atoms with van der Waals surface area (Å²) in [7, 11) is 7.28. The zero-order valence-electron chi connectivity index (χ0n) is 17.3. The molecule has 2 nitrogen and oxygen atoms in total. The predicted octanol–water partition coefficient (Wildman–Crippen LogP) is 8.45. The number of nitrogens with zero attached hydrogens (tertiary/aromatic N) is 2. The van der Waals surface area contributed by atoms with Gasteiger partial charge in [-0.25, -0.2) is 4.98 Å². The molecule has 1 rings (SSSR count). The van der Waals surface area contributed by atoms with Gasteiger partial charge in [0, 0.05) is 9.49 Å². The fourth-order valence-electron chi connectivity index (χ4n) is 3.18. The first-order chi connectivity index (χ1) is 11.1. The van der Waals surface area contributed by atoms with Gasteiger partial charge in [0.1, 0.15) is 0 Å². The summed E-state index contributed by atoms with van der Waals surface area (Å²) in [5.41, 5.74) is 0.678. The second-order valence-corrected chi connectivity index (χ2v) is 16.8. The number of rotatable bonds is 8. The Morgan fingerprint density at radius 2 is 1.16 bits per heavy atom. The zero-order chi connectivity index (χ0) is 19.5. The van der Waals surface area contributed by atoms with Gasteiger partial charge in [0.15, 0.2) is 4.34 Å². The molecule has 25 heavy (non-hydrogen) atoms. The average Bonchev–Trinajstić information content (AvgIpc) is 2.76. The summed E-state index contributed by atoms with van der Waals surface area (Å²) < 4.78 is 6.03. The Kier molecular flexibility index (Phi) is 8.61. The molecule has 0 unspecified atom stereocenters. The van der Waals surface area contributed by atoms with Gasteiger partial charge in [-0.1, -0.05) is 63.1 Å². The van der Waals surface area contributed by atoms with Crippen molar-refractivity contribution >= 4 is 54.7 Å². The highest BCUT2D eigenvalue weighted by Gasteiger charge is 2.28. The van der Waals surface area contributed by atoms with Crippen molar-refractivity contribution in [2.75, 3.05) is 0 Å². The molecule has 0 radical (unpaired) electrons. The van der Waals surface area contributed by atoms with Crippen LogP contribution in [0, 0.1) is 10.8 Å². The van der Waals surface area contributed by atoms with E-state index in [9.17, 15) is 0 Å². The monoisotopic (exact) mass is 438 g/mol.